The van der Waals surface area contributed by atoms with E-state index in [9.17, 15) is 14.0 Å². The molecule has 0 aliphatic heterocycles. The number of halogens is 2. The minimum absolute atomic E-state index is 0.0571. The SMILES string of the molecule is COC(=O)c1ccc(-c2cc(F)ccc2C(=O)O)cc1Cl. The minimum atomic E-state index is -1.18. The molecule has 0 unspecified atom stereocenters. The van der Waals surface area contributed by atoms with Crippen LogP contribution in [0.5, 0.6) is 0 Å². The highest BCUT2D eigenvalue weighted by molar-refractivity contribution is 6.33. The predicted molar refractivity (Wildman–Crippen MR) is 75.1 cm³/mol. The predicted octanol–water partition coefficient (Wildman–Crippen LogP) is 3.63. The monoisotopic (exact) mass is 308 g/mol. The highest BCUT2D eigenvalue weighted by Gasteiger charge is 2.16. The molecule has 21 heavy (non-hydrogen) atoms. The van der Waals surface area contributed by atoms with Gasteiger partial charge in [0, 0.05) is 0 Å². The Morgan fingerprint density at radius 3 is 2.38 bits per heavy atom. The Labute approximate surface area is 124 Å². The molecule has 1 N–H and O–H groups in total. The van der Waals surface area contributed by atoms with E-state index in [-0.39, 0.29) is 21.7 Å². The van der Waals surface area contributed by atoms with Gasteiger partial charge in [-0.15, -0.1) is 0 Å². The second-order valence-corrected chi connectivity index (χ2v) is 4.59. The van der Waals surface area contributed by atoms with Gasteiger partial charge in [-0.1, -0.05) is 17.7 Å². The summed E-state index contributed by atoms with van der Waals surface area (Å²) in [6, 6.07) is 7.63. The summed E-state index contributed by atoms with van der Waals surface area (Å²) in [6.07, 6.45) is 0. The lowest BCUT2D eigenvalue weighted by Crippen LogP contribution is -2.03. The van der Waals surface area contributed by atoms with Crippen molar-refractivity contribution < 1.29 is 23.8 Å². The molecule has 0 radical (unpaired) electrons. The van der Waals surface area contributed by atoms with E-state index >= 15 is 0 Å². The molecule has 0 amide bonds. The Hall–Kier alpha value is -2.40. The lowest BCUT2D eigenvalue weighted by Gasteiger charge is -2.09. The van der Waals surface area contributed by atoms with Gasteiger partial charge in [-0.2, -0.15) is 0 Å². The second kappa shape index (κ2) is 5.93. The molecule has 2 aromatic rings. The van der Waals surface area contributed by atoms with E-state index in [2.05, 4.69) is 4.74 Å². The van der Waals surface area contributed by atoms with Gasteiger partial charge in [-0.3, -0.25) is 0 Å². The molecule has 0 heterocycles. The summed E-state index contributed by atoms with van der Waals surface area (Å²) < 4.78 is 17.9. The van der Waals surface area contributed by atoms with Crippen molar-refractivity contribution in [3.05, 3.63) is 58.4 Å². The summed E-state index contributed by atoms with van der Waals surface area (Å²) in [4.78, 5) is 22.6. The maximum Gasteiger partial charge on any atom is 0.339 e. The number of hydrogen-bond donors (Lipinski definition) is 1. The maximum absolute atomic E-state index is 13.4. The normalized spacial score (nSPS) is 10.2. The van der Waals surface area contributed by atoms with Crippen LogP contribution < -0.4 is 0 Å². The van der Waals surface area contributed by atoms with Crippen molar-refractivity contribution in [2.45, 2.75) is 0 Å². The number of rotatable bonds is 3. The number of aromatic carboxylic acids is 1. The molecule has 0 aromatic heterocycles. The van der Waals surface area contributed by atoms with Crippen LogP contribution in [0, 0.1) is 5.82 Å². The molecule has 0 atom stereocenters. The number of hydrogen-bond acceptors (Lipinski definition) is 3. The summed E-state index contributed by atoms with van der Waals surface area (Å²) in [5.41, 5.74) is 0.667. The lowest BCUT2D eigenvalue weighted by molar-refractivity contribution is 0.0600. The van der Waals surface area contributed by atoms with E-state index in [0.29, 0.717) is 5.56 Å². The van der Waals surface area contributed by atoms with Crippen molar-refractivity contribution >= 4 is 23.5 Å². The van der Waals surface area contributed by atoms with Crippen LogP contribution in [0.4, 0.5) is 4.39 Å². The van der Waals surface area contributed by atoms with Crippen molar-refractivity contribution in [1.29, 1.82) is 0 Å². The fraction of sp³-hybridized carbons (Fsp3) is 0.0667. The first-order chi connectivity index (χ1) is 9.93. The van der Waals surface area contributed by atoms with Crippen molar-refractivity contribution in [3.8, 4) is 11.1 Å². The number of methoxy groups -OCH3 is 1. The number of benzene rings is 2. The fourth-order valence-electron chi connectivity index (χ4n) is 1.90. The molecule has 2 aromatic carbocycles. The molecule has 0 saturated carbocycles. The van der Waals surface area contributed by atoms with Gasteiger partial charge in [0.2, 0.25) is 0 Å². The van der Waals surface area contributed by atoms with Gasteiger partial charge >= 0.3 is 11.9 Å². The highest BCUT2D eigenvalue weighted by atomic mass is 35.5. The first-order valence-electron chi connectivity index (χ1n) is 5.85. The van der Waals surface area contributed by atoms with E-state index in [1.807, 2.05) is 0 Å². The number of ether oxygens (including phenoxy) is 1. The second-order valence-electron chi connectivity index (χ2n) is 4.18. The van der Waals surface area contributed by atoms with E-state index in [1.54, 1.807) is 0 Å². The van der Waals surface area contributed by atoms with Crippen LogP contribution in [-0.2, 0) is 4.74 Å². The first-order valence-corrected chi connectivity index (χ1v) is 6.23. The van der Waals surface area contributed by atoms with Gasteiger partial charge in [-0.05, 0) is 41.5 Å². The van der Waals surface area contributed by atoms with Crippen molar-refractivity contribution in [3.63, 3.8) is 0 Å². The van der Waals surface area contributed by atoms with Gasteiger partial charge < -0.3 is 9.84 Å². The molecule has 0 aliphatic rings. The van der Waals surface area contributed by atoms with E-state index < -0.39 is 17.8 Å². The molecule has 2 rings (SSSR count). The molecule has 0 saturated heterocycles. The van der Waals surface area contributed by atoms with E-state index in [4.69, 9.17) is 16.7 Å². The zero-order valence-corrected chi connectivity index (χ0v) is 11.6. The molecule has 0 aliphatic carbocycles. The van der Waals surface area contributed by atoms with E-state index in [0.717, 1.165) is 12.1 Å². The van der Waals surface area contributed by atoms with Gasteiger partial charge in [-0.25, -0.2) is 14.0 Å². The molecule has 6 heteroatoms. The van der Waals surface area contributed by atoms with Gasteiger partial charge in [0.25, 0.3) is 0 Å². The summed E-state index contributed by atoms with van der Waals surface area (Å²) in [5.74, 6) is -2.36. The average Bonchev–Trinajstić information content (AvgIpc) is 2.45. The Morgan fingerprint density at radius 1 is 1.14 bits per heavy atom. The van der Waals surface area contributed by atoms with Gasteiger partial charge in [0.05, 0.1) is 23.3 Å². The van der Waals surface area contributed by atoms with E-state index in [1.165, 1.54) is 31.4 Å². The van der Waals surface area contributed by atoms with Crippen LogP contribution in [0.15, 0.2) is 36.4 Å². The summed E-state index contributed by atoms with van der Waals surface area (Å²) in [5, 5.41) is 9.24. The van der Waals surface area contributed by atoms with Crippen LogP contribution in [0.2, 0.25) is 5.02 Å². The highest BCUT2D eigenvalue weighted by Crippen LogP contribution is 2.29. The van der Waals surface area contributed by atoms with Gasteiger partial charge in [0.15, 0.2) is 0 Å². The number of carboxylic acids is 1. The zero-order valence-electron chi connectivity index (χ0n) is 10.9. The zero-order chi connectivity index (χ0) is 15.6. The molecule has 0 fully saturated rings. The first kappa shape index (κ1) is 15.0. The van der Waals surface area contributed by atoms with Crippen LogP contribution in [-0.4, -0.2) is 24.2 Å². The van der Waals surface area contributed by atoms with Gasteiger partial charge in [0.1, 0.15) is 5.82 Å². The van der Waals surface area contributed by atoms with Crippen molar-refractivity contribution in [2.75, 3.05) is 7.11 Å². The average molecular weight is 309 g/mol. The third-order valence-electron chi connectivity index (χ3n) is 2.90. The molecular weight excluding hydrogens is 299 g/mol. The minimum Gasteiger partial charge on any atom is -0.478 e. The van der Waals surface area contributed by atoms with Crippen LogP contribution in [0.3, 0.4) is 0 Å². The topological polar surface area (TPSA) is 63.6 Å². The molecule has 108 valence electrons. The lowest BCUT2D eigenvalue weighted by atomic mass is 9.98. The maximum atomic E-state index is 13.4. The standard InChI is InChI=1S/C15H10ClFO4/c1-21-15(20)11-4-2-8(6-13(11)16)12-7-9(17)3-5-10(12)14(18)19/h2-7H,1H3,(H,18,19). The third kappa shape index (κ3) is 3.03. The molecule has 0 spiro atoms. The third-order valence-corrected chi connectivity index (χ3v) is 3.21. The van der Waals surface area contributed by atoms with Crippen molar-refractivity contribution in [1.82, 2.24) is 0 Å². The van der Waals surface area contributed by atoms with Crippen molar-refractivity contribution in [2.24, 2.45) is 0 Å². The number of carboxylic acid groups (broad SMARTS) is 1. The summed E-state index contributed by atoms with van der Waals surface area (Å²) >= 11 is 5.98. The Bertz CT molecular complexity index is 728. The smallest absolute Gasteiger partial charge is 0.339 e. The molecule has 4 nitrogen and oxygen atoms in total. The van der Waals surface area contributed by atoms with Crippen LogP contribution in [0.1, 0.15) is 20.7 Å². The number of esters is 1. The largest absolute Gasteiger partial charge is 0.478 e. The number of carbonyl (C=O) groups excluding carboxylic acids is 1. The summed E-state index contributed by atoms with van der Waals surface area (Å²) in [6.45, 7) is 0. The Balaban J connectivity index is 2.58. The quantitative estimate of drug-likeness (QED) is 0.879. The van der Waals surface area contributed by atoms with Crippen LogP contribution in [0.25, 0.3) is 11.1 Å². The Kier molecular flexibility index (Phi) is 4.23. The number of carbonyl (C=O) groups is 2. The molecular formula is C15H10ClFO4. The van der Waals surface area contributed by atoms with Crippen LogP contribution >= 0.6 is 11.6 Å². The fourth-order valence-corrected chi connectivity index (χ4v) is 2.16. The summed E-state index contributed by atoms with van der Waals surface area (Å²) in [7, 11) is 1.22. The Morgan fingerprint density at radius 2 is 1.81 bits per heavy atom. The molecule has 0 bridgehead atoms.